The van der Waals surface area contributed by atoms with E-state index in [0.717, 1.165) is 13.0 Å². The van der Waals surface area contributed by atoms with E-state index in [4.69, 9.17) is 5.26 Å². The third-order valence-corrected chi connectivity index (χ3v) is 5.25. The first kappa shape index (κ1) is 15.4. The van der Waals surface area contributed by atoms with Gasteiger partial charge in [0, 0.05) is 11.3 Å². The lowest BCUT2D eigenvalue weighted by Gasteiger charge is -2.36. The lowest BCUT2D eigenvalue weighted by atomic mass is 9.88. The van der Waals surface area contributed by atoms with E-state index in [0.29, 0.717) is 6.42 Å². The highest BCUT2D eigenvalue weighted by Gasteiger charge is 2.32. The number of nitrogens with zero attached hydrogens (tertiary/aromatic N) is 1. The Morgan fingerprint density at radius 2 is 2.11 bits per heavy atom. The van der Waals surface area contributed by atoms with Crippen molar-refractivity contribution in [2.24, 2.45) is 5.92 Å². The van der Waals surface area contributed by atoms with Gasteiger partial charge < -0.3 is 5.32 Å². The topological polar surface area (TPSA) is 52.9 Å². The molecule has 0 heterocycles. The van der Waals surface area contributed by atoms with Crippen molar-refractivity contribution in [3.63, 3.8) is 0 Å². The summed E-state index contributed by atoms with van der Waals surface area (Å²) in [4.78, 5) is 11.9. The summed E-state index contributed by atoms with van der Waals surface area (Å²) in [6.07, 6.45) is 9.85. The Bertz CT molecular complexity index is 305. The van der Waals surface area contributed by atoms with E-state index in [1.165, 1.54) is 32.1 Å². The summed E-state index contributed by atoms with van der Waals surface area (Å²) in [7, 11) is 0. The third kappa shape index (κ3) is 4.20. The quantitative estimate of drug-likeness (QED) is 0.805. The summed E-state index contributed by atoms with van der Waals surface area (Å²) in [6, 6.07) is 2.10. The monoisotopic (exact) mass is 268 g/mol. The summed E-state index contributed by atoms with van der Waals surface area (Å²) < 4.78 is 0.208. The number of thioether (sulfide) groups is 1. The molecule has 1 unspecified atom stereocenters. The van der Waals surface area contributed by atoms with E-state index in [9.17, 15) is 4.79 Å². The van der Waals surface area contributed by atoms with Crippen molar-refractivity contribution in [1.29, 1.82) is 5.26 Å². The second kappa shape index (κ2) is 7.68. The molecule has 0 aromatic heterocycles. The predicted octanol–water partition coefficient (Wildman–Crippen LogP) is 3.11. The van der Waals surface area contributed by atoms with E-state index in [1.54, 1.807) is 0 Å². The molecule has 1 fully saturated rings. The lowest BCUT2D eigenvalue weighted by Crippen LogP contribution is -2.43. The van der Waals surface area contributed by atoms with E-state index in [2.05, 4.69) is 17.6 Å². The highest BCUT2D eigenvalue weighted by molar-refractivity contribution is 8.00. The Balaban J connectivity index is 2.47. The Hall–Kier alpha value is -0.690. The number of amides is 1. The second-order valence-corrected chi connectivity index (χ2v) is 6.41. The van der Waals surface area contributed by atoms with Gasteiger partial charge in [0.1, 0.15) is 5.92 Å². The molecule has 1 aliphatic carbocycles. The van der Waals surface area contributed by atoms with Crippen LogP contribution < -0.4 is 5.32 Å². The molecule has 1 rings (SSSR count). The molecule has 0 bridgehead atoms. The average molecular weight is 268 g/mol. The number of hydrogen-bond donors (Lipinski definition) is 1. The first-order chi connectivity index (χ1) is 8.67. The van der Waals surface area contributed by atoms with Crippen LogP contribution in [0.25, 0.3) is 0 Å². The summed E-state index contributed by atoms with van der Waals surface area (Å²) in [5.41, 5.74) is 0. The van der Waals surface area contributed by atoms with Crippen molar-refractivity contribution in [3.05, 3.63) is 0 Å². The Labute approximate surface area is 115 Å². The van der Waals surface area contributed by atoms with Gasteiger partial charge in [-0.15, -0.1) is 0 Å². The normalized spacial score (nSPS) is 19.8. The van der Waals surface area contributed by atoms with Crippen LogP contribution in [0.3, 0.4) is 0 Å². The van der Waals surface area contributed by atoms with Crippen LogP contribution in [-0.2, 0) is 4.79 Å². The van der Waals surface area contributed by atoms with Crippen LogP contribution in [0, 0.1) is 17.2 Å². The third-order valence-electron chi connectivity index (χ3n) is 3.83. The van der Waals surface area contributed by atoms with Crippen LogP contribution in [-0.4, -0.2) is 23.5 Å². The van der Waals surface area contributed by atoms with E-state index in [1.807, 2.05) is 18.7 Å². The van der Waals surface area contributed by atoms with Gasteiger partial charge in [0.25, 0.3) is 0 Å². The van der Waals surface area contributed by atoms with Gasteiger partial charge in [-0.05, 0) is 25.5 Å². The van der Waals surface area contributed by atoms with E-state index < -0.39 is 5.92 Å². The maximum absolute atomic E-state index is 11.9. The minimum atomic E-state index is -0.475. The van der Waals surface area contributed by atoms with Crippen LogP contribution in [0.5, 0.6) is 0 Å². The van der Waals surface area contributed by atoms with Gasteiger partial charge >= 0.3 is 0 Å². The molecular formula is C14H24N2OS. The van der Waals surface area contributed by atoms with E-state index >= 15 is 0 Å². The molecule has 0 saturated heterocycles. The molecule has 3 nitrogen and oxygen atoms in total. The highest BCUT2D eigenvalue weighted by Crippen LogP contribution is 2.37. The molecule has 4 heteroatoms. The molecule has 1 amide bonds. The molecular weight excluding hydrogens is 244 g/mol. The molecule has 1 aliphatic rings. The van der Waals surface area contributed by atoms with Gasteiger partial charge in [-0.3, -0.25) is 4.79 Å². The largest absolute Gasteiger partial charge is 0.354 e. The summed E-state index contributed by atoms with van der Waals surface area (Å²) in [6.45, 7) is 2.72. The molecule has 0 spiro atoms. The number of carbonyl (C=O) groups excluding carboxylic acids is 1. The van der Waals surface area contributed by atoms with Crippen LogP contribution in [0.1, 0.15) is 51.9 Å². The van der Waals surface area contributed by atoms with Gasteiger partial charge in [-0.25, -0.2) is 0 Å². The first-order valence-corrected chi connectivity index (χ1v) is 8.12. The molecule has 0 aliphatic heterocycles. The van der Waals surface area contributed by atoms with Crippen LogP contribution in [0.2, 0.25) is 0 Å². The van der Waals surface area contributed by atoms with Crippen molar-refractivity contribution >= 4 is 17.7 Å². The van der Waals surface area contributed by atoms with Crippen molar-refractivity contribution in [1.82, 2.24) is 5.32 Å². The molecule has 0 radical (unpaired) electrons. The van der Waals surface area contributed by atoms with Crippen LogP contribution in [0.4, 0.5) is 0 Å². The van der Waals surface area contributed by atoms with Gasteiger partial charge in [-0.1, -0.05) is 32.6 Å². The zero-order valence-corrected chi connectivity index (χ0v) is 12.3. The smallest absolute Gasteiger partial charge is 0.237 e. The minimum Gasteiger partial charge on any atom is -0.354 e. The molecule has 1 N–H and O–H groups in total. The predicted molar refractivity (Wildman–Crippen MR) is 76.4 cm³/mol. The Morgan fingerprint density at radius 3 is 2.61 bits per heavy atom. The standard InChI is InChI=1S/C14H24N2OS/c1-3-7-12(10-15)13(17)16-11-14(18-2)8-5-4-6-9-14/h12H,3-9,11H2,1-2H3,(H,16,17). The number of hydrogen-bond acceptors (Lipinski definition) is 3. The highest BCUT2D eigenvalue weighted by atomic mass is 32.2. The molecule has 0 aromatic rings. The van der Waals surface area contributed by atoms with Crippen LogP contribution >= 0.6 is 11.8 Å². The number of nitrogens with one attached hydrogen (secondary N) is 1. The van der Waals surface area contributed by atoms with Gasteiger partial charge in [0.05, 0.1) is 6.07 Å². The van der Waals surface area contributed by atoms with Crippen LogP contribution in [0.15, 0.2) is 0 Å². The van der Waals surface area contributed by atoms with Crippen molar-refractivity contribution < 1.29 is 4.79 Å². The fraction of sp³-hybridized carbons (Fsp3) is 0.857. The summed E-state index contributed by atoms with van der Waals surface area (Å²) in [5.74, 6) is -0.559. The molecule has 1 saturated carbocycles. The molecule has 102 valence electrons. The lowest BCUT2D eigenvalue weighted by molar-refractivity contribution is -0.123. The number of rotatable bonds is 6. The number of carbonyl (C=O) groups is 1. The summed E-state index contributed by atoms with van der Waals surface area (Å²) >= 11 is 1.87. The van der Waals surface area contributed by atoms with Gasteiger partial charge in [0.15, 0.2) is 0 Å². The maximum Gasteiger partial charge on any atom is 0.237 e. The van der Waals surface area contributed by atoms with Gasteiger partial charge in [0.2, 0.25) is 5.91 Å². The zero-order chi connectivity index (χ0) is 13.4. The Kier molecular flexibility index (Phi) is 6.56. The second-order valence-electron chi connectivity index (χ2n) is 5.14. The zero-order valence-electron chi connectivity index (χ0n) is 11.5. The van der Waals surface area contributed by atoms with Crippen molar-refractivity contribution in [2.45, 2.75) is 56.6 Å². The minimum absolute atomic E-state index is 0.0849. The van der Waals surface area contributed by atoms with Gasteiger partial charge in [-0.2, -0.15) is 17.0 Å². The molecule has 0 aromatic carbocycles. The molecule has 18 heavy (non-hydrogen) atoms. The first-order valence-electron chi connectivity index (χ1n) is 6.90. The molecule has 1 atom stereocenters. The van der Waals surface area contributed by atoms with Crippen molar-refractivity contribution in [2.75, 3.05) is 12.8 Å². The SMILES string of the molecule is CCCC(C#N)C(=O)NCC1(SC)CCCCC1. The fourth-order valence-electron chi connectivity index (χ4n) is 2.56. The number of nitriles is 1. The fourth-order valence-corrected chi connectivity index (χ4v) is 3.48. The Morgan fingerprint density at radius 1 is 1.44 bits per heavy atom. The maximum atomic E-state index is 11.9. The van der Waals surface area contributed by atoms with E-state index in [-0.39, 0.29) is 10.7 Å². The van der Waals surface area contributed by atoms with Crippen molar-refractivity contribution in [3.8, 4) is 6.07 Å². The average Bonchev–Trinajstić information content (AvgIpc) is 2.43. The summed E-state index contributed by atoms with van der Waals surface area (Å²) in [5, 5.41) is 12.0.